The van der Waals surface area contributed by atoms with Crippen LogP contribution in [0.25, 0.3) is 0 Å². The first-order valence-electron chi connectivity index (χ1n) is 4.25. The van der Waals surface area contributed by atoms with Crippen molar-refractivity contribution in [2.24, 2.45) is 0 Å². The molecule has 4 heteroatoms. The highest BCUT2D eigenvalue weighted by Crippen LogP contribution is 2.17. The Labute approximate surface area is 86.6 Å². The number of hydrogen-bond donors (Lipinski definition) is 1. The van der Waals surface area contributed by atoms with Gasteiger partial charge >= 0.3 is 5.97 Å². The Morgan fingerprint density at radius 1 is 1.64 bits per heavy atom. The fourth-order valence-corrected chi connectivity index (χ4v) is 1.68. The molecule has 14 heavy (non-hydrogen) atoms. The first-order valence-corrected chi connectivity index (χ1v) is 5.06. The molecule has 3 nitrogen and oxygen atoms in total. The van der Waals surface area contributed by atoms with Crippen LogP contribution in [-0.2, 0) is 11.3 Å². The topological polar surface area (TPSA) is 46.5 Å². The van der Waals surface area contributed by atoms with Crippen molar-refractivity contribution in [2.75, 3.05) is 6.61 Å². The van der Waals surface area contributed by atoms with Crippen LogP contribution in [0.15, 0.2) is 24.3 Å². The fourth-order valence-electron chi connectivity index (χ4n) is 0.894. The highest BCUT2D eigenvalue weighted by molar-refractivity contribution is 7.13. The summed E-state index contributed by atoms with van der Waals surface area (Å²) in [7, 11) is 0. The number of thiophene rings is 1. The molecule has 0 aliphatic rings. The van der Waals surface area contributed by atoms with Gasteiger partial charge in [0.25, 0.3) is 0 Å². The average Bonchev–Trinajstić information content (AvgIpc) is 2.61. The van der Waals surface area contributed by atoms with Gasteiger partial charge in [0.2, 0.25) is 0 Å². The zero-order valence-electron chi connectivity index (χ0n) is 7.90. The lowest BCUT2D eigenvalue weighted by atomic mass is 10.4. The fraction of sp³-hybridized carbons (Fsp3) is 0.300. The molecule has 1 heterocycles. The molecule has 0 bridgehead atoms. The number of rotatable bonds is 5. The Bertz CT molecular complexity index is 328. The van der Waals surface area contributed by atoms with Gasteiger partial charge in [-0.15, -0.1) is 11.3 Å². The molecule has 1 aromatic heterocycles. The van der Waals surface area contributed by atoms with Crippen molar-refractivity contribution < 1.29 is 14.6 Å². The van der Waals surface area contributed by atoms with Crippen LogP contribution in [0.5, 0.6) is 0 Å². The van der Waals surface area contributed by atoms with E-state index in [9.17, 15) is 4.79 Å². The van der Waals surface area contributed by atoms with Crippen molar-refractivity contribution in [1.29, 1.82) is 0 Å². The Kier molecular flexibility index (Phi) is 4.35. The van der Waals surface area contributed by atoms with E-state index in [2.05, 4.69) is 0 Å². The van der Waals surface area contributed by atoms with Crippen LogP contribution in [0.2, 0.25) is 0 Å². The molecule has 0 radical (unpaired) electrons. The number of allylic oxidation sites excluding steroid dienone is 1. The highest BCUT2D eigenvalue weighted by atomic mass is 32.1. The zero-order chi connectivity index (χ0) is 10.4. The Balaban J connectivity index is 2.40. The van der Waals surface area contributed by atoms with Gasteiger partial charge in [-0.05, 0) is 19.1 Å². The smallest absolute Gasteiger partial charge is 0.345 e. The summed E-state index contributed by atoms with van der Waals surface area (Å²) in [4.78, 5) is 11.8. The first-order chi connectivity index (χ1) is 6.74. The average molecular weight is 212 g/mol. The third-order valence-electron chi connectivity index (χ3n) is 1.57. The molecule has 0 unspecified atom stereocenters. The van der Waals surface area contributed by atoms with Crippen molar-refractivity contribution in [3.8, 4) is 0 Å². The van der Waals surface area contributed by atoms with Crippen molar-refractivity contribution in [3.05, 3.63) is 34.0 Å². The van der Waals surface area contributed by atoms with Crippen LogP contribution in [0, 0.1) is 0 Å². The summed E-state index contributed by atoms with van der Waals surface area (Å²) in [6.45, 7) is 2.97. The molecular weight excluding hydrogens is 200 g/mol. The second-order valence-corrected chi connectivity index (χ2v) is 3.82. The lowest BCUT2D eigenvalue weighted by molar-refractivity contribution is 0.0702. The molecule has 0 aromatic carbocycles. The van der Waals surface area contributed by atoms with Gasteiger partial charge < -0.3 is 9.84 Å². The summed E-state index contributed by atoms with van der Waals surface area (Å²) in [6.07, 6.45) is 3.82. The summed E-state index contributed by atoms with van der Waals surface area (Å²) in [5.74, 6) is -0.880. The van der Waals surface area contributed by atoms with Crippen molar-refractivity contribution in [2.45, 2.75) is 13.5 Å². The van der Waals surface area contributed by atoms with Gasteiger partial charge in [-0.2, -0.15) is 0 Å². The molecule has 0 atom stereocenters. The van der Waals surface area contributed by atoms with E-state index in [0.29, 0.717) is 18.1 Å². The molecule has 76 valence electrons. The van der Waals surface area contributed by atoms with Gasteiger partial charge in [-0.1, -0.05) is 12.2 Å². The van der Waals surface area contributed by atoms with E-state index in [1.807, 2.05) is 19.1 Å². The van der Waals surface area contributed by atoms with Crippen LogP contribution in [0.1, 0.15) is 21.5 Å². The van der Waals surface area contributed by atoms with E-state index in [1.165, 1.54) is 11.3 Å². The summed E-state index contributed by atoms with van der Waals surface area (Å²) in [6, 6.07) is 3.38. The number of carbonyl (C=O) groups is 1. The minimum atomic E-state index is -0.880. The first kappa shape index (κ1) is 10.9. The Morgan fingerprint density at radius 3 is 3.00 bits per heavy atom. The third kappa shape index (κ3) is 3.32. The molecule has 0 fully saturated rings. The van der Waals surface area contributed by atoms with Crippen LogP contribution < -0.4 is 0 Å². The van der Waals surface area contributed by atoms with Crippen LogP contribution in [0.4, 0.5) is 0 Å². The molecule has 1 N–H and O–H groups in total. The molecule has 0 aliphatic carbocycles. The summed E-state index contributed by atoms with van der Waals surface area (Å²) < 4.78 is 5.28. The van der Waals surface area contributed by atoms with Crippen LogP contribution in [0.3, 0.4) is 0 Å². The van der Waals surface area contributed by atoms with Gasteiger partial charge in [0.15, 0.2) is 0 Å². The summed E-state index contributed by atoms with van der Waals surface area (Å²) in [5, 5.41) is 8.67. The van der Waals surface area contributed by atoms with E-state index in [0.717, 1.165) is 4.88 Å². The largest absolute Gasteiger partial charge is 0.477 e. The third-order valence-corrected chi connectivity index (χ3v) is 2.61. The SMILES string of the molecule is CC=CCOCc1ccc(C(=O)O)s1. The predicted octanol–water partition coefficient (Wildman–Crippen LogP) is 2.54. The molecule has 0 saturated heterocycles. The Morgan fingerprint density at radius 2 is 2.43 bits per heavy atom. The molecule has 0 saturated carbocycles. The standard InChI is InChI=1S/C10H12O3S/c1-2-3-6-13-7-8-4-5-9(14-8)10(11)12/h2-5H,6-7H2,1H3,(H,11,12). The van der Waals surface area contributed by atoms with Gasteiger partial charge in [-0.3, -0.25) is 0 Å². The Hall–Kier alpha value is -1.13. The number of carboxylic acids is 1. The highest BCUT2D eigenvalue weighted by Gasteiger charge is 2.05. The second-order valence-electron chi connectivity index (χ2n) is 2.66. The molecule has 1 aromatic rings. The number of aromatic carboxylic acids is 1. The van der Waals surface area contributed by atoms with Crippen molar-refractivity contribution >= 4 is 17.3 Å². The normalized spacial score (nSPS) is 10.9. The molecule has 1 rings (SSSR count). The van der Waals surface area contributed by atoms with E-state index in [-0.39, 0.29) is 0 Å². The van der Waals surface area contributed by atoms with E-state index >= 15 is 0 Å². The van der Waals surface area contributed by atoms with E-state index < -0.39 is 5.97 Å². The predicted molar refractivity (Wildman–Crippen MR) is 55.7 cm³/mol. The monoisotopic (exact) mass is 212 g/mol. The van der Waals surface area contributed by atoms with E-state index in [4.69, 9.17) is 9.84 Å². The maximum atomic E-state index is 10.5. The maximum absolute atomic E-state index is 10.5. The molecule has 0 aliphatic heterocycles. The van der Waals surface area contributed by atoms with Gasteiger partial charge in [0.05, 0.1) is 13.2 Å². The van der Waals surface area contributed by atoms with Gasteiger partial charge in [0, 0.05) is 4.88 Å². The van der Waals surface area contributed by atoms with Crippen molar-refractivity contribution in [3.63, 3.8) is 0 Å². The van der Waals surface area contributed by atoms with Crippen LogP contribution in [-0.4, -0.2) is 17.7 Å². The number of carboxylic acid groups (broad SMARTS) is 1. The van der Waals surface area contributed by atoms with Gasteiger partial charge in [0.1, 0.15) is 4.88 Å². The lowest BCUT2D eigenvalue weighted by Gasteiger charge is -1.96. The van der Waals surface area contributed by atoms with Crippen LogP contribution >= 0.6 is 11.3 Å². The zero-order valence-corrected chi connectivity index (χ0v) is 8.71. The molecular formula is C10H12O3S. The molecule has 0 amide bonds. The molecule has 0 spiro atoms. The second kappa shape index (κ2) is 5.57. The van der Waals surface area contributed by atoms with Gasteiger partial charge in [-0.25, -0.2) is 4.79 Å². The summed E-state index contributed by atoms with van der Waals surface area (Å²) in [5.41, 5.74) is 0. The minimum Gasteiger partial charge on any atom is -0.477 e. The lowest BCUT2D eigenvalue weighted by Crippen LogP contribution is -1.91. The summed E-state index contributed by atoms with van der Waals surface area (Å²) >= 11 is 1.25. The quantitative estimate of drug-likeness (QED) is 0.602. The number of hydrogen-bond acceptors (Lipinski definition) is 3. The minimum absolute atomic E-state index is 0.356. The van der Waals surface area contributed by atoms with E-state index in [1.54, 1.807) is 12.1 Å². The maximum Gasteiger partial charge on any atom is 0.345 e. The number of ether oxygens (including phenoxy) is 1. The van der Waals surface area contributed by atoms with Crippen molar-refractivity contribution in [1.82, 2.24) is 0 Å².